The largest absolute Gasteiger partial charge is 0.314 e. The standard InChI is InChI=1S/C17H29N/c1-6-8-17(18-7-2)10-9-16-12-14(4)13(3)11-15(16)5/h11-12,17-18H,6-10H2,1-5H3. The summed E-state index contributed by atoms with van der Waals surface area (Å²) >= 11 is 0. The molecule has 1 heteroatoms. The molecule has 1 nitrogen and oxygen atoms in total. The maximum atomic E-state index is 3.60. The van der Waals surface area contributed by atoms with Crippen LogP contribution in [-0.2, 0) is 6.42 Å². The molecule has 0 bridgehead atoms. The van der Waals surface area contributed by atoms with Gasteiger partial charge in [-0.15, -0.1) is 0 Å². The zero-order chi connectivity index (χ0) is 13.5. The quantitative estimate of drug-likeness (QED) is 0.756. The van der Waals surface area contributed by atoms with Crippen LogP contribution in [0.15, 0.2) is 12.1 Å². The van der Waals surface area contributed by atoms with Gasteiger partial charge in [-0.1, -0.05) is 32.4 Å². The van der Waals surface area contributed by atoms with Crippen molar-refractivity contribution in [2.24, 2.45) is 0 Å². The van der Waals surface area contributed by atoms with E-state index in [0.717, 1.165) is 6.54 Å². The van der Waals surface area contributed by atoms with Gasteiger partial charge in [-0.2, -0.15) is 0 Å². The number of benzene rings is 1. The van der Waals surface area contributed by atoms with E-state index in [4.69, 9.17) is 0 Å². The highest BCUT2D eigenvalue weighted by Gasteiger charge is 2.08. The molecule has 0 heterocycles. The second-order valence-corrected chi connectivity index (χ2v) is 5.44. The average molecular weight is 247 g/mol. The Labute approximate surface area is 113 Å². The fraction of sp³-hybridized carbons (Fsp3) is 0.647. The molecule has 18 heavy (non-hydrogen) atoms. The van der Waals surface area contributed by atoms with Gasteiger partial charge in [0.15, 0.2) is 0 Å². The van der Waals surface area contributed by atoms with Crippen molar-refractivity contribution in [1.29, 1.82) is 0 Å². The molecule has 0 saturated heterocycles. The van der Waals surface area contributed by atoms with Crippen LogP contribution in [0.3, 0.4) is 0 Å². The van der Waals surface area contributed by atoms with Gasteiger partial charge < -0.3 is 5.32 Å². The molecule has 0 aromatic heterocycles. The molecule has 0 fully saturated rings. The highest BCUT2D eigenvalue weighted by Crippen LogP contribution is 2.18. The molecular formula is C17H29N. The summed E-state index contributed by atoms with van der Waals surface area (Å²) in [5.74, 6) is 0. The lowest BCUT2D eigenvalue weighted by Gasteiger charge is -2.18. The highest BCUT2D eigenvalue weighted by molar-refractivity contribution is 5.36. The Morgan fingerprint density at radius 2 is 1.61 bits per heavy atom. The molecule has 1 rings (SSSR count). The Morgan fingerprint density at radius 3 is 2.22 bits per heavy atom. The Kier molecular flexibility index (Phi) is 6.42. The van der Waals surface area contributed by atoms with E-state index >= 15 is 0 Å². The van der Waals surface area contributed by atoms with Crippen molar-refractivity contribution in [3.05, 3.63) is 34.4 Å². The van der Waals surface area contributed by atoms with Crippen LogP contribution in [0.4, 0.5) is 0 Å². The van der Waals surface area contributed by atoms with Crippen molar-refractivity contribution in [1.82, 2.24) is 5.32 Å². The SMILES string of the molecule is CCCC(CCc1cc(C)c(C)cc1C)NCC. The van der Waals surface area contributed by atoms with Crippen LogP contribution in [0, 0.1) is 20.8 Å². The van der Waals surface area contributed by atoms with Crippen LogP contribution in [0.1, 0.15) is 55.4 Å². The van der Waals surface area contributed by atoms with Gasteiger partial charge in [-0.3, -0.25) is 0 Å². The van der Waals surface area contributed by atoms with E-state index in [-0.39, 0.29) is 0 Å². The lowest BCUT2D eigenvalue weighted by molar-refractivity contribution is 0.459. The summed E-state index contributed by atoms with van der Waals surface area (Å²) in [5.41, 5.74) is 5.81. The van der Waals surface area contributed by atoms with E-state index in [2.05, 4.69) is 52.1 Å². The van der Waals surface area contributed by atoms with Gasteiger partial charge in [0, 0.05) is 6.04 Å². The summed E-state index contributed by atoms with van der Waals surface area (Å²) < 4.78 is 0. The van der Waals surface area contributed by atoms with E-state index in [1.807, 2.05) is 0 Å². The lowest BCUT2D eigenvalue weighted by atomic mass is 9.95. The summed E-state index contributed by atoms with van der Waals surface area (Å²) in [6.07, 6.45) is 5.01. The zero-order valence-corrected chi connectivity index (χ0v) is 12.8. The molecule has 0 saturated carbocycles. The molecule has 0 amide bonds. The van der Waals surface area contributed by atoms with Crippen LogP contribution >= 0.6 is 0 Å². The van der Waals surface area contributed by atoms with Crippen LogP contribution in [0.2, 0.25) is 0 Å². The van der Waals surface area contributed by atoms with E-state index in [0.29, 0.717) is 6.04 Å². The molecule has 1 unspecified atom stereocenters. The van der Waals surface area contributed by atoms with E-state index in [9.17, 15) is 0 Å². The molecule has 102 valence electrons. The maximum absolute atomic E-state index is 3.60. The third-order valence-corrected chi connectivity index (χ3v) is 3.84. The van der Waals surface area contributed by atoms with Crippen molar-refractivity contribution in [3.8, 4) is 0 Å². The molecule has 0 radical (unpaired) electrons. The Balaban J connectivity index is 2.64. The minimum absolute atomic E-state index is 0.681. The fourth-order valence-corrected chi connectivity index (χ4v) is 2.60. The van der Waals surface area contributed by atoms with Gasteiger partial charge in [0.2, 0.25) is 0 Å². The van der Waals surface area contributed by atoms with Gasteiger partial charge in [-0.05, 0) is 68.8 Å². The first-order chi connectivity index (χ1) is 8.58. The molecule has 0 aliphatic carbocycles. The second-order valence-electron chi connectivity index (χ2n) is 5.44. The first-order valence-corrected chi connectivity index (χ1v) is 7.38. The van der Waals surface area contributed by atoms with Crippen molar-refractivity contribution >= 4 is 0 Å². The molecule has 0 aliphatic rings. The lowest BCUT2D eigenvalue weighted by Crippen LogP contribution is -2.29. The summed E-state index contributed by atoms with van der Waals surface area (Å²) in [5, 5.41) is 3.60. The Morgan fingerprint density at radius 1 is 0.944 bits per heavy atom. The van der Waals surface area contributed by atoms with Crippen LogP contribution in [0.5, 0.6) is 0 Å². The van der Waals surface area contributed by atoms with Crippen molar-refractivity contribution in [3.63, 3.8) is 0 Å². The van der Waals surface area contributed by atoms with Crippen molar-refractivity contribution in [2.45, 2.75) is 66.3 Å². The maximum Gasteiger partial charge on any atom is 0.00700 e. The van der Waals surface area contributed by atoms with Gasteiger partial charge in [0.1, 0.15) is 0 Å². The minimum Gasteiger partial charge on any atom is -0.314 e. The average Bonchev–Trinajstić information content (AvgIpc) is 2.32. The van der Waals surface area contributed by atoms with Gasteiger partial charge in [0.05, 0.1) is 0 Å². The number of rotatable bonds is 7. The molecule has 1 N–H and O–H groups in total. The molecule has 1 aromatic rings. The van der Waals surface area contributed by atoms with Gasteiger partial charge in [0.25, 0.3) is 0 Å². The van der Waals surface area contributed by atoms with Gasteiger partial charge in [-0.25, -0.2) is 0 Å². The number of hydrogen-bond donors (Lipinski definition) is 1. The molecule has 0 aliphatic heterocycles. The molecule has 1 atom stereocenters. The van der Waals surface area contributed by atoms with E-state index in [1.165, 1.54) is 47.9 Å². The number of aryl methyl sites for hydroxylation is 4. The highest BCUT2D eigenvalue weighted by atomic mass is 14.9. The topological polar surface area (TPSA) is 12.0 Å². The predicted octanol–water partition coefficient (Wildman–Crippen LogP) is 4.32. The zero-order valence-electron chi connectivity index (χ0n) is 12.8. The minimum atomic E-state index is 0.681. The first kappa shape index (κ1) is 15.2. The first-order valence-electron chi connectivity index (χ1n) is 7.38. The number of nitrogens with one attached hydrogen (secondary N) is 1. The van der Waals surface area contributed by atoms with Gasteiger partial charge >= 0.3 is 0 Å². The second kappa shape index (κ2) is 7.58. The summed E-state index contributed by atoms with van der Waals surface area (Å²) in [6, 6.07) is 5.38. The fourth-order valence-electron chi connectivity index (χ4n) is 2.60. The third kappa shape index (κ3) is 4.45. The summed E-state index contributed by atoms with van der Waals surface area (Å²) in [6.45, 7) is 12.2. The molecular weight excluding hydrogens is 218 g/mol. The van der Waals surface area contributed by atoms with Crippen LogP contribution in [-0.4, -0.2) is 12.6 Å². The van der Waals surface area contributed by atoms with Crippen LogP contribution in [0.25, 0.3) is 0 Å². The smallest absolute Gasteiger partial charge is 0.00700 e. The summed E-state index contributed by atoms with van der Waals surface area (Å²) in [7, 11) is 0. The number of hydrogen-bond acceptors (Lipinski definition) is 1. The predicted molar refractivity (Wildman–Crippen MR) is 81.3 cm³/mol. The monoisotopic (exact) mass is 247 g/mol. The van der Waals surface area contributed by atoms with Crippen molar-refractivity contribution < 1.29 is 0 Å². The van der Waals surface area contributed by atoms with Crippen molar-refractivity contribution in [2.75, 3.05) is 6.54 Å². The molecule has 1 aromatic carbocycles. The Bertz CT molecular complexity index is 362. The molecule has 0 spiro atoms. The third-order valence-electron chi connectivity index (χ3n) is 3.84. The van der Waals surface area contributed by atoms with Crippen LogP contribution < -0.4 is 5.32 Å². The van der Waals surface area contributed by atoms with E-state index < -0.39 is 0 Å². The normalized spacial score (nSPS) is 12.7. The Hall–Kier alpha value is -0.820. The van der Waals surface area contributed by atoms with E-state index in [1.54, 1.807) is 0 Å². The summed E-state index contributed by atoms with van der Waals surface area (Å²) in [4.78, 5) is 0.